The first-order valence-electron chi connectivity index (χ1n) is 8.30. The molecule has 3 atom stereocenters. The van der Waals surface area contributed by atoms with Gasteiger partial charge in [-0.05, 0) is 37.5 Å². The standard InChI is InChI=1S/C18H28N2O2/c1-5-14(19)12-8-9-16-13(10-12)15(20-17(21)6-2)11-18(4,7-3)22-16/h8-10,14-15H,5-7,11,19H2,1-4H3,(H,20,21). The molecule has 4 nitrogen and oxygen atoms in total. The first-order chi connectivity index (χ1) is 10.4. The van der Waals surface area contributed by atoms with Crippen LogP contribution in [0.1, 0.15) is 76.6 Å². The Morgan fingerprint density at radius 3 is 2.77 bits per heavy atom. The molecular formula is C18H28N2O2. The molecule has 1 amide bonds. The molecular weight excluding hydrogens is 276 g/mol. The summed E-state index contributed by atoms with van der Waals surface area (Å²) in [7, 11) is 0. The molecule has 0 aromatic heterocycles. The van der Waals surface area contributed by atoms with Crippen LogP contribution in [-0.4, -0.2) is 11.5 Å². The topological polar surface area (TPSA) is 64.3 Å². The zero-order valence-electron chi connectivity index (χ0n) is 14.1. The molecule has 0 saturated heterocycles. The van der Waals surface area contributed by atoms with Gasteiger partial charge in [-0.1, -0.05) is 26.8 Å². The van der Waals surface area contributed by atoms with Crippen molar-refractivity contribution in [1.82, 2.24) is 5.32 Å². The number of ether oxygens (including phenoxy) is 1. The largest absolute Gasteiger partial charge is 0.487 e. The Hall–Kier alpha value is -1.55. The summed E-state index contributed by atoms with van der Waals surface area (Å²) in [6.07, 6.45) is 3.07. The summed E-state index contributed by atoms with van der Waals surface area (Å²) >= 11 is 0. The predicted octanol–water partition coefficient (Wildman–Crippen LogP) is 3.61. The maximum atomic E-state index is 11.9. The molecule has 4 heteroatoms. The SMILES string of the molecule is CCC(=O)NC1CC(C)(CC)Oc2ccc(C(N)CC)cc21. The number of carbonyl (C=O) groups is 1. The van der Waals surface area contributed by atoms with Gasteiger partial charge in [0.25, 0.3) is 0 Å². The molecule has 1 aliphatic heterocycles. The van der Waals surface area contributed by atoms with Gasteiger partial charge < -0.3 is 15.8 Å². The van der Waals surface area contributed by atoms with Gasteiger partial charge in [-0.3, -0.25) is 4.79 Å². The third-order valence-electron chi connectivity index (χ3n) is 4.67. The lowest BCUT2D eigenvalue weighted by molar-refractivity contribution is -0.122. The Bertz CT molecular complexity index is 544. The Morgan fingerprint density at radius 2 is 2.18 bits per heavy atom. The van der Waals surface area contributed by atoms with E-state index in [9.17, 15) is 4.79 Å². The highest BCUT2D eigenvalue weighted by molar-refractivity contribution is 5.76. The van der Waals surface area contributed by atoms with E-state index in [2.05, 4.69) is 32.2 Å². The summed E-state index contributed by atoms with van der Waals surface area (Å²) in [5, 5.41) is 3.14. The molecule has 22 heavy (non-hydrogen) atoms. The summed E-state index contributed by atoms with van der Waals surface area (Å²) in [6.45, 7) is 8.17. The van der Waals surface area contributed by atoms with Crippen LogP contribution < -0.4 is 15.8 Å². The van der Waals surface area contributed by atoms with Crippen LogP contribution in [0.5, 0.6) is 5.75 Å². The highest BCUT2D eigenvalue weighted by Gasteiger charge is 2.36. The number of benzene rings is 1. The molecule has 0 fully saturated rings. The van der Waals surface area contributed by atoms with Gasteiger partial charge in [-0.2, -0.15) is 0 Å². The van der Waals surface area contributed by atoms with Gasteiger partial charge >= 0.3 is 0 Å². The van der Waals surface area contributed by atoms with E-state index in [0.717, 1.165) is 36.1 Å². The zero-order valence-corrected chi connectivity index (χ0v) is 14.1. The molecule has 0 radical (unpaired) electrons. The molecule has 1 heterocycles. The molecule has 0 spiro atoms. The van der Waals surface area contributed by atoms with Gasteiger partial charge in [0.2, 0.25) is 5.91 Å². The van der Waals surface area contributed by atoms with Crippen LogP contribution >= 0.6 is 0 Å². The Labute approximate surface area is 133 Å². The van der Waals surface area contributed by atoms with E-state index in [-0.39, 0.29) is 23.6 Å². The van der Waals surface area contributed by atoms with Crippen molar-refractivity contribution in [2.45, 2.75) is 71.1 Å². The van der Waals surface area contributed by atoms with E-state index < -0.39 is 0 Å². The van der Waals surface area contributed by atoms with E-state index in [4.69, 9.17) is 10.5 Å². The van der Waals surface area contributed by atoms with Crippen LogP contribution in [0, 0.1) is 0 Å². The van der Waals surface area contributed by atoms with Crippen LogP contribution in [0.3, 0.4) is 0 Å². The van der Waals surface area contributed by atoms with Crippen molar-refractivity contribution >= 4 is 5.91 Å². The molecule has 1 aromatic rings. The van der Waals surface area contributed by atoms with Crippen LogP contribution in [0.4, 0.5) is 0 Å². The van der Waals surface area contributed by atoms with Crippen LogP contribution in [0.2, 0.25) is 0 Å². The van der Waals surface area contributed by atoms with E-state index in [1.165, 1.54) is 0 Å². The van der Waals surface area contributed by atoms with E-state index in [1.807, 2.05) is 19.1 Å². The molecule has 0 saturated carbocycles. The van der Waals surface area contributed by atoms with Crippen molar-refractivity contribution in [3.8, 4) is 5.75 Å². The Kier molecular flexibility index (Phi) is 5.12. The predicted molar refractivity (Wildman–Crippen MR) is 88.8 cm³/mol. The number of fused-ring (bicyclic) bond motifs is 1. The fourth-order valence-electron chi connectivity index (χ4n) is 2.89. The number of amides is 1. The summed E-state index contributed by atoms with van der Waals surface area (Å²) in [5.74, 6) is 0.936. The second-order valence-electron chi connectivity index (χ2n) is 6.40. The van der Waals surface area contributed by atoms with Crippen molar-refractivity contribution in [1.29, 1.82) is 0 Å². The average molecular weight is 304 g/mol. The molecule has 1 aliphatic rings. The normalized spacial score (nSPS) is 25.0. The molecule has 0 aliphatic carbocycles. The van der Waals surface area contributed by atoms with E-state index in [1.54, 1.807) is 0 Å². The van der Waals surface area contributed by atoms with E-state index in [0.29, 0.717) is 6.42 Å². The molecule has 1 aromatic carbocycles. The second kappa shape index (κ2) is 6.69. The smallest absolute Gasteiger partial charge is 0.220 e. The van der Waals surface area contributed by atoms with Crippen molar-refractivity contribution in [2.24, 2.45) is 5.73 Å². The van der Waals surface area contributed by atoms with Crippen LogP contribution in [0.25, 0.3) is 0 Å². The lowest BCUT2D eigenvalue weighted by atomic mass is 9.85. The number of nitrogens with two attached hydrogens (primary N) is 1. The number of hydrogen-bond acceptors (Lipinski definition) is 3. The maximum Gasteiger partial charge on any atom is 0.220 e. The minimum atomic E-state index is -0.243. The van der Waals surface area contributed by atoms with Gasteiger partial charge in [-0.15, -0.1) is 0 Å². The van der Waals surface area contributed by atoms with Crippen molar-refractivity contribution in [3.63, 3.8) is 0 Å². The number of nitrogens with one attached hydrogen (secondary N) is 1. The number of rotatable bonds is 5. The van der Waals surface area contributed by atoms with Gasteiger partial charge in [0.1, 0.15) is 11.4 Å². The van der Waals surface area contributed by atoms with Gasteiger partial charge in [0.15, 0.2) is 0 Å². The zero-order chi connectivity index (χ0) is 16.3. The highest BCUT2D eigenvalue weighted by Crippen LogP contribution is 2.42. The number of carbonyl (C=O) groups excluding carboxylic acids is 1. The van der Waals surface area contributed by atoms with Crippen molar-refractivity contribution in [3.05, 3.63) is 29.3 Å². The molecule has 2 rings (SSSR count). The monoisotopic (exact) mass is 304 g/mol. The Balaban J connectivity index is 2.39. The molecule has 122 valence electrons. The van der Waals surface area contributed by atoms with Crippen molar-refractivity contribution in [2.75, 3.05) is 0 Å². The molecule has 3 unspecified atom stereocenters. The van der Waals surface area contributed by atoms with Crippen LogP contribution in [0.15, 0.2) is 18.2 Å². The lowest BCUT2D eigenvalue weighted by Crippen LogP contribution is -2.42. The summed E-state index contributed by atoms with van der Waals surface area (Å²) in [5.41, 5.74) is 8.06. The summed E-state index contributed by atoms with van der Waals surface area (Å²) in [4.78, 5) is 11.9. The quantitative estimate of drug-likeness (QED) is 0.873. The first kappa shape index (κ1) is 16.8. The summed E-state index contributed by atoms with van der Waals surface area (Å²) < 4.78 is 6.19. The van der Waals surface area contributed by atoms with Gasteiger partial charge in [-0.25, -0.2) is 0 Å². The van der Waals surface area contributed by atoms with Crippen LogP contribution in [-0.2, 0) is 4.79 Å². The Morgan fingerprint density at radius 1 is 1.45 bits per heavy atom. The summed E-state index contributed by atoms with van der Waals surface area (Å²) in [6, 6.07) is 6.14. The average Bonchev–Trinajstić information content (AvgIpc) is 2.53. The van der Waals surface area contributed by atoms with Gasteiger partial charge in [0, 0.05) is 24.4 Å². The minimum absolute atomic E-state index is 0.00911. The van der Waals surface area contributed by atoms with Gasteiger partial charge in [0.05, 0.1) is 6.04 Å². The lowest BCUT2D eigenvalue weighted by Gasteiger charge is -2.40. The molecule has 0 bridgehead atoms. The van der Waals surface area contributed by atoms with E-state index >= 15 is 0 Å². The fourth-order valence-corrected chi connectivity index (χ4v) is 2.89. The maximum absolute atomic E-state index is 11.9. The number of hydrogen-bond donors (Lipinski definition) is 2. The minimum Gasteiger partial charge on any atom is -0.487 e. The second-order valence-corrected chi connectivity index (χ2v) is 6.40. The third-order valence-corrected chi connectivity index (χ3v) is 4.67. The van der Waals surface area contributed by atoms with Crippen molar-refractivity contribution < 1.29 is 9.53 Å². The highest BCUT2D eigenvalue weighted by atomic mass is 16.5. The third kappa shape index (κ3) is 3.43. The molecule has 3 N–H and O–H groups in total. The first-order valence-corrected chi connectivity index (χ1v) is 8.30. The fraction of sp³-hybridized carbons (Fsp3) is 0.611.